The molecule has 0 unspecified atom stereocenters. The van der Waals surface area contributed by atoms with Crippen LogP contribution in [0.2, 0.25) is 0 Å². The molecule has 0 radical (unpaired) electrons. The topological polar surface area (TPSA) is 112 Å². The number of aliphatic imine (C=N–C) groups is 1. The molecule has 3 rings (SSSR count). The van der Waals surface area contributed by atoms with E-state index in [9.17, 15) is 8.42 Å². The van der Waals surface area contributed by atoms with Crippen molar-refractivity contribution in [2.45, 2.75) is 27.2 Å². The van der Waals surface area contributed by atoms with Crippen molar-refractivity contribution in [1.29, 1.82) is 0 Å². The van der Waals surface area contributed by atoms with Gasteiger partial charge in [0.25, 0.3) is 0 Å². The van der Waals surface area contributed by atoms with Crippen molar-refractivity contribution in [2.75, 3.05) is 56.7 Å². The first-order valence-electron chi connectivity index (χ1n) is 13.7. The van der Waals surface area contributed by atoms with E-state index in [1.165, 1.54) is 6.26 Å². The van der Waals surface area contributed by atoms with Crippen LogP contribution in [0.4, 0.5) is 17.1 Å². The van der Waals surface area contributed by atoms with Crippen molar-refractivity contribution in [3.05, 3.63) is 63.4 Å². The summed E-state index contributed by atoms with van der Waals surface area (Å²) in [6, 6.07) is 12.3. The molecule has 10 heteroatoms. The van der Waals surface area contributed by atoms with Gasteiger partial charge < -0.3 is 25.8 Å². The lowest BCUT2D eigenvalue weighted by Gasteiger charge is -2.17. The number of rotatable bonds is 17. The lowest BCUT2D eigenvalue weighted by Crippen LogP contribution is -2.24. The Kier molecular flexibility index (Phi) is 12.6. The zero-order valence-corrected chi connectivity index (χ0v) is 26.1. The van der Waals surface area contributed by atoms with Crippen LogP contribution in [0.5, 0.6) is 5.75 Å². The van der Waals surface area contributed by atoms with Crippen LogP contribution in [-0.4, -0.2) is 71.6 Å². The van der Waals surface area contributed by atoms with Gasteiger partial charge in [-0.05, 0) is 80.9 Å². The average Bonchev–Trinajstić information content (AvgIpc) is 3.30. The number of ether oxygens (including phenoxy) is 1. The highest BCUT2D eigenvalue weighted by molar-refractivity contribution is 7.90. The van der Waals surface area contributed by atoms with Gasteiger partial charge in [-0.1, -0.05) is 29.8 Å². The minimum absolute atomic E-state index is 0.114. The highest BCUT2D eigenvalue weighted by Gasteiger charge is 2.14. The van der Waals surface area contributed by atoms with Gasteiger partial charge >= 0.3 is 0 Å². The Morgan fingerprint density at radius 2 is 1.78 bits per heavy atom. The molecule has 4 N–H and O–H groups in total. The summed E-state index contributed by atoms with van der Waals surface area (Å²) in [5, 5.41) is 21.0. The maximum Gasteiger partial charge on any atom is 0.148 e. The molecular formula is C31H42N4O4S2. The van der Waals surface area contributed by atoms with Crippen molar-refractivity contribution >= 4 is 51.0 Å². The standard InChI is InChI=1S/C31H42N4O4S2/c1-22(20-34-14-16-36)19-30-31(32-4)28(21-40-30)35-27-11-6-9-25(23(27)2)26-10-7-12-29(24(26)3)39-17-8-13-33-15-18-41(5,37)38/h6-7,9-12,19,21,33-36H,4,8,13-18,20H2,1-3,5H3/b22-19+. The van der Waals surface area contributed by atoms with E-state index in [1.807, 2.05) is 18.2 Å². The summed E-state index contributed by atoms with van der Waals surface area (Å²) < 4.78 is 28.6. The first-order valence-corrected chi connectivity index (χ1v) is 16.6. The molecule has 0 spiro atoms. The largest absolute Gasteiger partial charge is 0.493 e. The third kappa shape index (κ3) is 9.79. The first-order chi connectivity index (χ1) is 19.6. The van der Waals surface area contributed by atoms with Crippen LogP contribution in [0.3, 0.4) is 0 Å². The molecule has 0 bridgehead atoms. The molecule has 3 aromatic rings. The van der Waals surface area contributed by atoms with Gasteiger partial charge in [-0.15, -0.1) is 11.3 Å². The van der Waals surface area contributed by atoms with Gasteiger partial charge in [0.05, 0.1) is 29.5 Å². The molecule has 2 aromatic carbocycles. The summed E-state index contributed by atoms with van der Waals surface area (Å²) in [4.78, 5) is 5.35. The van der Waals surface area contributed by atoms with Crippen molar-refractivity contribution in [3.8, 4) is 16.9 Å². The quantitative estimate of drug-likeness (QED) is 0.120. The third-order valence-electron chi connectivity index (χ3n) is 6.60. The number of anilines is 2. The normalized spacial score (nSPS) is 12.0. The second-order valence-corrected chi connectivity index (χ2v) is 13.2. The summed E-state index contributed by atoms with van der Waals surface area (Å²) in [5.41, 5.74) is 8.28. The van der Waals surface area contributed by atoms with E-state index < -0.39 is 9.84 Å². The van der Waals surface area contributed by atoms with Gasteiger partial charge in [0.2, 0.25) is 0 Å². The summed E-state index contributed by atoms with van der Waals surface area (Å²) in [6.45, 7) is 13.1. The Labute approximate surface area is 248 Å². The SMILES string of the molecule is C=Nc1c(Nc2cccc(-c3cccc(OCCCNCCS(C)(=O)=O)c3C)c2C)csc1/C=C(\C)CNCCO. The molecule has 0 saturated carbocycles. The third-order valence-corrected chi connectivity index (χ3v) is 8.47. The van der Waals surface area contributed by atoms with Crippen LogP contribution >= 0.6 is 11.3 Å². The molecule has 1 heterocycles. The zero-order chi connectivity index (χ0) is 29.8. The maximum absolute atomic E-state index is 11.2. The van der Waals surface area contributed by atoms with Gasteiger partial charge in [0.15, 0.2) is 0 Å². The summed E-state index contributed by atoms with van der Waals surface area (Å²) >= 11 is 1.62. The predicted octanol–water partition coefficient (Wildman–Crippen LogP) is 5.50. The second kappa shape index (κ2) is 15.8. The number of nitrogens with zero attached hydrogens (tertiary/aromatic N) is 1. The van der Waals surface area contributed by atoms with Gasteiger partial charge in [-0.25, -0.2) is 8.42 Å². The van der Waals surface area contributed by atoms with Crippen LogP contribution < -0.4 is 20.7 Å². The number of aliphatic hydroxyl groups excluding tert-OH is 1. The number of thiophene rings is 1. The summed E-state index contributed by atoms with van der Waals surface area (Å²) in [7, 11) is -2.95. The molecule has 0 saturated heterocycles. The van der Waals surface area contributed by atoms with E-state index in [0.29, 0.717) is 32.8 Å². The van der Waals surface area contributed by atoms with Gasteiger partial charge in [-0.3, -0.25) is 4.99 Å². The van der Waals surface area contributed by atoms with Crippen LogP contribution in [0.15, 0.2) is 52.3 Å². The molecule has 222 valence electrons. The van der Waals surface area contributed by atoms with Crippen LogP contribution in [0, 0.1) is 13.8 Å². The number of aliphatic hydroxyl groups is 1. The molecule has 8 nitrogen and oxygen atoms in total. The highest BCUT2D eigenvalue weighted by atomic mass is 32.2. The molecule has 0 amide bonds. The van der Waals surface area contributed by atoms with Crippen LogP contribution in [0.25, 0.3) is 17.2 Å². The molecule has 0 fully saturated rings. The van der Waals surface area contributed by atoms with Crippen molar-refractivity contribution < 1.29 is 18.3 Å². The molecule has 0 atom stereocenters. The molecule has 0 aliphatic rings. The maximum atomic E-state index is 11.2. The number of nitrogens with one attached hydrogen (secondary N) is 3. The smallest absolute Gasteiger partial charge is 0.148 e. The number of hydrogen-bond donors (Lipinski definition) is 4. The summed E-state index contributed by atoms with van der Waals surface area (Å²) in [5.74, 6) is 0.981. The Hall–Kier alpha value is -3.02. The molecule has 0 aliphatic heterocycles. The first kappa shape index (κ1) is 32.5. The summed E-state index contributed by atoms with van der Waals surface area (Å²) in [6.07, 6.45) is 4.13. The van der Waals surface area contributed by atoms with Crippen LogP contribution in [0.1, 0.15) is 29.3 Å². The fourth-order valence-corrected chi connectivity index (χ4v) is 5.88. The van der Waals surface area contributed by atoms with E-state index >= 15 is 0 Å². The van der Waals surface area contributed by atoms with Crippen molar-refractivity contribution in [1.82, 2.24) is 10.6 Å². The average molecular weight is 599 g/mol. The van der Waals surface area contributed by atoms with Gasteiger partial charge in [0, 0.05) is 37.0 Å². The van der Waals surface area contributed by atoms with Crippen LogP contribution in [-0.2, 0) is 9.84 Å². The lowest BCUT2D eigenvalue weighted by molar-refractivity contribution is 0.294. The minimum atomic E-state index is -2.95. The van der Waals surface area contributed by atoms with Gasteiger partial charge in [-0.2, -0.15) is 0 Å². The predicted molar refractivity (Wildman–Crippen MR) is 174 cm³/mol. The molecule has 0 aliphatic carbocycles. The lowest BCUT2D eigenvalue weighted by atomic mass is 9.95. The number of sulfone groups is 1. The van der Waals surface area contributed by atoms with Crippen molar-refractivity contribution in [3.63, 3.8) is 0 Å². The number of benzene rings is 2. The Balaban J connectivity index is 1.71. The Bertz CT molecular complexity index is 1450. The van der Waals surface area contributed by atoms with E-state index in [-0.39, 0.29) is 12.4 Å². The van der Waals surface area contributed by atoms with E-state index in [2.05, 4.69) is 78.1 Å². The van der Waals surface area contributed by atoms with E-state index in [4.69, 9.17) is 9.84 Å². The fourth-order valence-electron chi connectivity index (χ4n) is 4.39. The van der Waals surface area contributed by atoms with E-state index in [1.54, 1.807) is 11.3 Å². The second-order valence-electron chi connectivity index (χ2n) is 10.0. The molecule has 1 aromatic heterocycles. The van der Waals surface area contributed by atoms with E-state index in [0.717, 1.165) is 61.9 Å². The zero-order valence-electron chi connectivity index (χ0n) is 24.4. The van der Waals surface area contributed by atoms with Crippen molar-refractivity contribution in [2.24, 2.45) is 4.99 Å². The van der Waals surface area contributed by atoms with Gasteiger partial charge in [0.1, 0.15) is 21.3 Å². The highest BCUT2D eigenvalue weighted by Crippen LogP contribution is 2.41. The minimum Gasteiger partial charge on any atom is -0.493 e. The Morgan fingerprint density at radius 1 is 1.05 bits per heavy atom. The molecular weight excluding hydrogens is 556 g/mol. The monoisotopic (exact) mass is 598 g/mol. The molecule has 41 heavy (non-hydrogen) atoms. The number of hydrogen-bond acceptors (Lipinski definition) is 9. The fraction of sp³-hybridized carbons (Fsp3) is 0.387. The Morgan fingerprint density at radius 3 is 2.49 bits per heavy atom.